The second-order valence-electron chi connectivity index (χ2n) is 4.23. The fourth-order valence-electron chi connectivity index (χ4n) is 1.83. The van der Waals surface area contributed by atoms with Gasteiger partial charge in [0.1, 0.15) is 11.8 Å². The number of carbonyl (C=O) groups excluding carboxylic acids is 2. The van der Waals surface area contributed by atoms with Crippen molar-refractivity contribution in [3.8, 4) is 5.75 Å². The van der Waals surface area contributed by atoms with Crippen LogP contribution in [0.1, 0.15) is 0 Å². The fourth-order valence-corrected chi connectivity index (χ4v) is 1.83. The summed E-state index contributed by atoms with van der Waals surface area (Å²) in [4.78, 5) is 24.6. The third kappa shape index (κ3) is 3.45. The van der Waals surface area contributed by atoms with Gasteiger partial charge in [0.15, 0.2) is 6.61 Å². The summed E-state index contributed by atoms with van der Waals surface area (Å²) in [6.45, 7) is 0.569. The Bertz CT molecular complexity index is 449. The molecule has 6 nitrogen and oxygen atoms in total. The topological polar surface area (TPSA) is 78.9 Å². The second-order valence-corrected chi connectivity index (χ2v) is 4.23. The molecular formula is C13H16N2O4. The number of β-lactam (4-membered cyclic amide) rings is 1. The molecule has 1 heterocycles. The van der Waals surface area contributed by atoms with Crippen molar-refractivity contribution < 1.29 is 19.4 Å². The Hall–Kier alpha value is -2.08. The summed E-state index contributed by atoms with van der Waals surface area (Å²) in [7, 11) is 0. The molecule has 0 aromatic heterocycles. The van der Waals surface area contributed by atoms with Crippen molar-refractivity contribution in [2.45, 2.75) is 6.04 Å². The average molecular weight is 264 g/mol. The summed E-state index contributed by atoms with van der Waals surface area (Å²) < 4.78 is 5.27. The zero-order valence-corrected chi connectivity index (χ0v) is 10.4. The third-order valence-corrected chi connectivity index (χ3v) is 2.83. The van der Waals surface area contributed by atoms with Crippen LogP contribution in [0.5, 0.6) is 5.75 Å². The van der Waals surface area contributed by atoms with Crippen LogP contribution in [0.3, 0.4) is 0 Å². The van der Waals surface area contributed by atoms with Crippen molar-refractivity contribution in [3.63, 3.8) is 0 Å². The molecule has 2 amide bonds. The Morgan fingerprint density at radius 1 is 1.42 bits per heavy atom. The molecule has 0 aliphatic carbocycles. The van der Waals surface area contributed by atoms with Crippen molar-refractivity contribution in [1.82, 2.24) is 10.2 Å². The number of aliphatic hydroxyl groups excluding tert-OH is 1. The molecule has 1 aliphatic rings. The Morgan fingerprint density at radius 3 is 2.79 bits per heavy atom. The Morgan fingerprint density at radius 2 is 2.16 bits per heavy atom. The first-order valence-corrected chi connectivity index (χ1v) is 6.07. The number of hydrogen-bond acceptors (Lipinski definition) is 4. The van der Waals surface area contributed by atoms with Gasteiger partial charge in [0.25, 0.3) is 5.91 Å². The molecular weight excluding hydrogens is 248 g/mol. The van der Waals surface area contributed by atoms with Gasteiger partial charge in [-0.25, -0.2) is 0 Å². The van der Waals surface area contributed by atoms with Gasteiger partial charge in [0, 0.05) is 6.54 Å². The summed E-state index contributed by atoms with van der Waals surface area (Å²) in [6.07, 6.45) is 0. The number of para-hydroxylation sites is 1. The average Bonchev–Trinajstić information content (AvgIpc) is 2.45. The molecule has 0 bridgehead atoms. The van der Waals surface area contributed by atoms with E-state index < -0.39 is 6.04 Å². The van der Waals surface area contributed by atoms with Gasteiger partial charge in [0.2, 0.25) is 5.91 Å². The van der Waals surface area contributed by atoms with Crippen LogP contribution < -0.4 is 10.1 Å². The van der Waals surface area contributed by atoms with E-state index in [0.717, 1.165) is 0 Å². The molecule has 1 aromatic rings. The van der Waals surface area contributed by atoms with Crippen LogP contribution in [0.15, 0.2) is 30.3 Å². The van der Waals surface area contributed by atoms with Crippen LogP contribution in [-0.4, -0.2) is 54.2 Å². The van der Waals surface area contributed by atoms with Crippen molar-refractivity contribution in [2.75, 3.05) is 26.3 Å². The summed E-state index contributed by atoms with van der Waals surface area (Å²) in [6, 6.07) is 8.51. The molecule has 1 saturated heterocycles. The SMILES string of the molecule is O=C(COc1ccccc1)N[C@@H]1CN(CCO)C1=O. The highest BCUT2D eigenvalue weighted by molar-refractivity contribution is 5.92. The lowest BCUT2D eigenvalue weighted by Crippen LogP contribution is -2.64. The van der Waals surface area contributed by atoms with E-state index in [0.29, 0.717) is 18.8 Å². The number of ether oxygens (including phenoxy) is 1. The van der Waals surface area contributed by atoms with Gasteiger partial charge in [-0.3, -0.25) is 9.59 Å². The predicted molar refractivity (Wildman–Crippen MR) is 67.5 cm³/mol. The smallest absolute Gasteiger partial charge is 0.258 e. The lowest BCUT2D eigenvalue weighted by molar-refractivity contribution is -0.147. The van der Waals surface area contributed by atoms with E-state index in [1.54, 1.807) is 12.1 Å². The van der Waals surface area contributed by atoms with Gasteiger partial charge in [-0.1, -0.05) is 18.2 Å². The molecule has 1 aliphatic heterocycles. The standard InChI is InChI=1S/C13H16N2O4/c16-7-6-15-8-11(13(15)18)14-12(17)9-19-10-4-2-1-3-5-10/h1-5,11,16H,6-9H2,(H,14,17)/t11-/m1/s1. The number of amides is 2. The van der Waals surface area contributed by atoms with Crippen molar-refractivity contribution in [3.05, 3.63) is 30.3 Å². The van der Waals surface area contributed by atoms with Crippen LogP contribution in [0.2, 0.25) is 0 Å². The minimum absolute atomic E-state index is 0.0659. The monoisotopic (exact) mass is 264 g/mol. The first-order valence-electron chi connectivity index (χ1n) is 6.07. The van der Waals surface area contributed by atoms with E-state index in [1.165, 1.54) is 4.90 Å². The number of benzene rings is 1. The molecule has 0 radical (unpaired) electrons. The number of hydrogen-bond donors (Lipinski definition) is 2. The van der Waals surface area contributed by atoms with E-state index in [1.807, 2.05) is 18.2 Å². The van der Waals surface area contributed by atoms with Gasteiger partial charge in [-0.2, -0.15) is 0 Å². The molecule has 0 saturated carbocycles. The second kappa shape index (κ2) is 6.19. The molecule has 19 heavy (non-hydrogen) atoms. The molecule has 1 atom stereocenters. The van der Waals surface area contributed by atoms with Gasteiger partial charge >= 0.3 is 0 Å². The highest BCUT2D eigenvalue weighted by atomic mass is 16.5. The first kappa shape index (κ1) is 13.4. The van der Waals surface area contributed by atoms with E-state index in [9.17, 15) is 9.59 Å². The molecule has 2 N–H and O–H groups in total. The summed E-state index contributed by atoms with van der Waals surface area (Å²) in [5, 5.41) is 11.3. The third-order valence-electron chi connectivity index (χ3n) is 2.83. The number of β-amino-alcohol motifs (C(OH)–C–C–N with tert-alkyl or cyclic N) is 1. The minimum atomic E-state index is -0.488. The fraction of sp³-hybridized carbons (Fsp3) is 0.385. The van der Waals surface area contributed by atoms with Crippen LogP contribution in [0.25, 0.3) is 0 Å². The zero-order chi connectivity index (χ0) is 13.7. The lowest BCUT2D eigenvalue weighted by Gasteiger charge is -2.38. The molecule has 102 valence electrons. The maximum atomic E-state index is 11.6. The number of likely N-dealkylation sites (tertiary alicyclic amines) is 1. The zero-order valence-electron chi connectivity index (χ0n) is 10.4. The van der Waals surface area contributed by atoms with Gasteiger partial charge < -0.3 is 20.1 Å². The normalized spacial score (nSPS) is 17.8. The molecule has 2 rings (SSSR count). The van der Waals surface area contributed by atoms with E-state index in [2.05, 4.69) is 5.32 Å². The predicted octanol–water partition coefficient (Wildman–Crippen LogP) is -0.615. The Kier molecular flexibility index (Phi) is 4.35. The van der Waals surface area contributed by atoms with E-state index in [4.69, 9.17) is 9.84 Å². The van der Waals surface area contributed by atoms with Crippen LogP contribution in [0.4, 0.5) is 0 Å². The quantitative estimate of drug-likeness (QED) is 0.672. The minimum Gasteiger partial charge on any atom is -0.484 e. The molecule has 1 fully saturated rings. The molecule has 6 heteroatoms. The van der Waals surface area contributed by atoms with Crippen LogP contribution in [0, 0.1) is 0 Å². The van der Waals surface area contributed by atoms with Gasteiger partial charge in [-0.15, -0.1) is 0 Å². The van der Waals surface area contributed by atoms with E-state index >= 15 is 0 Å². The highest BCUT2D eigenvalue weighted by Gasteiger charge is 2.36. The van der Waals surface area contributed by atoms with Crippen molar-refractivity contribution in [1.29, 1.82) is 0 Å². The number of aliphatic hydroxyl groups is 1. The number of nitrogens with one attached hydrogen (secondary N) is 1. The molecule has 0 spiro atoms. The maximum absolute atomic E-state index is 11.6. The Labute approximate surface area is 111 Å². The van der Waals surface area contributed by atoms with Crippen molar-refractivity contribution in [2.24, 2.45) is 0 Å². The molecule has 0 unspecified atom stereocenters. The summed E-state index contributed by atoms with van der Waals surface area (Å²) in [5.74, 6) is 0.118. The number of carbonyl (C=O) groups is 2. The summed E-state index contributed by atoms with van der Waals surface area (Å²) in [5.41, 5.74) is 0. The van der Waals surface area contributed by atoms with Crippen LogP contribution in [-0.2, 0) is 9.59 Å². The van der Waals surface area contributed by atoms with Crippen molar-refractivity contribution >= 4 is 11.8 Å². The summed E-state index contributed by atoms with van der Waals surface area (Å²) >= 11 is 0. The van der Waals surface area contributed by atoms with Gasteiger partial charge in [-0.05, 0) is 12.1 Å². The van der Waals surface area contributed by atoms with Gasteiger partial charge in [0.05, 0.1) is 13.2 Å². The lowest BCUT2D eigenvalue weighted by atomic mass is 10.1. The van der Waals surface area contributed by atoms with Crippen LogP contribution >= 0.6 is 0 Å². The Balaban J connectivity index is 1.70. The first-order chi connectivity index (χ1) is 9.20. The highest BCUT2D eigenvalue weighted by Crippen LogP contribution is 2.10. The number of rotatable bonds is 6. The maximum Gasteiger partial charge on any atom is 0.258 e. The molecule has 1 aromatic carbocycles. The largest absolute Gasteiger partial charge is 0.484 e. The number of nitrogens with zero attached hydrogens (tertiary/aromatic N) is 1. The van der Waals surface area contributed by atoms with E-state index in [-0.39, 0.29) is 25.0 Å².